The van der Waals surface area contributed by atoms with Crippen molar-refractivity contribution in [3.63, 3.8) is 0 Å². The van der Waals surface area contributed by atoms with Crippen LogP contribution in [0.4, 0.5) is 4.39 Å². The van der Waals surface area contributed by atoms with Gasteiger partial charge in [0.25, 0.3) is 0 Å². The summed E-state index contributed by atoms with van der Waals surface area (Å²) in [5, 5.41) is 8.82. The Bertz CT molecular complexity index is 277. The monoisotopic (exact) mass is 183 g/mol. The van der Waals surface area contributed by atoms with Crippen LogP contribution in [0.3, 0.4) is 0 Å². The Balaban J connectivity index is 2.82. The number of rotatable bonds is 3. The molecule has 0 saturated heterocycles. The van der Waals surface area contributed by atoms with Crippen LogP contribution in [-0.2, 0) is 0 Å². The molecule has 0 bridgehead atoms. The Morgan fingerprint density at radius 3 is 2.77 bits per heavy atom. The minimum atomic E-state index is -0.332. The van der Waals surface area contributed by atoms with Gasteiger partial charge in [-0.1, -0.05) is 19.1 Å². The molecule has 2 unspecified atom stereocenters. The molecule has 0 fully saturated rings. The summed E-state index contributed by atoms with van der Waals surface area (Å²) in [6.07, 6.45) is 0. The summed E-state index contributed by atoms with van der Waals surface area (Å²) >= 11 is 0. The number of halogens is 1. The van der Waals surface area contributed by atoms with Crippen LogP contribution < -0.4 is 5.73 Å². The number of nitrogens with two attached hydrogens (primary N) is 1. The van der Waals surface area contributed by atoms with Crippen molar-refractivity contribution in [2.45, 2.75) is 18.9 Å². The maximum Gasteiger partial charge on any atom is 0.123 e. The van der Waals surface area contributed by atoms with Crippen molar-refractivity contribution in [3.05, 3.63) is 35.6 Å². The second-order valence-electron chi connectivity index (χ2n) is 3.19. The highest BCUT2D eigenvalue weighted by atomic mass is 19.1. The first-order valence-corrected chi connectivity index (χ1v) is 4.27. The van der Waals surface area contributed by atoms with Crippen molar-refractivity contribution in [3.8, 4) is 0 Å². The number of hydrogen-bond donors (Lipinski definition) is 2. The topological polar surface area (TPSA) is 46.2 Å². The normalized spacial score (nSPS) is 15.4. The Labute approximate surface area is 77.2 Å². The van der Waals surface area contributed by atoms with E-state index in [1.165, 1.54) is 12.1 Å². The van der Waals surface area contributed by atoms with Crippen LogP contribution in [0, 0.1) is 5.82 Å². The van der Waals surface area contributed by atoms with E-state index in [4.69, 9.17) is 10.8 Å². The fraction of sp³-hybridized carbons (Fsp3) is 0.400. The van der Waals surface area contributed by atoms with Gasteiger partial charge in [0.1, 0.15) is 5.82 Å². The predicted octanol–water partition coefficient (Wildman–Crippen LogP) is 1.25. The maximum atomic E-state index is 12.8. The minimum Gasteiger partial charge on any atom is -0.395 e. The molecule has 0 radical (unpaired) electrons. The molecule has 0 amide bonds. The average molecular weight is 183 g/mol. The SMILES string of the molecule is CC(c1cccc(F)c1)C(N)CO. The van der Waals surface area contributed by atoms with Crippen molar-refractivity contribution in [2.24, 2.45) is 5.73 Å². The van der Waals surface area contributed by atoms with E-state index in [0.717, 1.165) is 5.56 Å². The highest BCUT2D eigenvalue weighted by molar-refractivity contribution is 5.21. The summed E-state index contributed by atoms with van der Waals surface area (Å²) < 4.78 is 12.8. The number of benzene rings is 1. The third-order valence-electron chi connectivity index (χ3n) is 2.23. The van der Waals surface area contributed by atoms with Gasteiger partial charge in [-0.15, -0.1) is 0 Å². The molecule has 13 heavy (non-hydrogen) atoms. The van der Waals surface area contributed by atoms with Crippen LogP contribution in [0.15, 0.2) is 24.3 Å². The molecule has 2 nitrogen and oxygen atoms in total. The van der Waals surface area contributed by atoms with E-state index in [1.807, 2.05) is 13.0 Å². The fourth-order valence-electron chi connectivity index (χ4n) is 1.20. The Kier molecular flexibility index (Phi) is 3.39. The molecule has 2 atom stereocenters. The Hall–Kier alpha value is -0.930. The first-order valence-electron chi connectivity index (χ1n) is 4.27. The lowest BCUT2D eigenvalue weighted by Crippen LogP contribution is -2.30. The molecule has 3 heteroatoms. The van der Waals surface area contributed by atoms with Crippen LogP contribution in [0.1, 0.15) is 18.4 Å². The van der Waals surface area contributed by atoms with Crippen LogP contribution in [0.2, 0.25) is 0 Å². The summed E-state index contributed by atoms with van der Waals surface area (Å²) in [6.45, 7) is 1.79. The van der Waals surface area contributed by atoms with Crippen LogP contribution in [-0.4, -0.2) is 17.8 Å². The van der Waals surface area contributed by atoms with Gasteiger partial charge in [-0.25, -0.2) is 4.39 Å². The van der Waals surface area contributed by atoms with Crippen LogP contribution in [0.25, 0.3) is 0 Å². The van der Waals surface area contributed by atoms with Gasteiger partial charge in [-0.3, -0.25) is 0 Å². The number of hydrogen-bond acceptors (Lipinski definition) is 2. The molecule has 0 aliphatic heterocycles. The van der Waals surface area contributed by atoms with Crippen LogP contribution >= 0.6 is 0 Å². The molecule has 0 aliphatic carbocycles. The standard InChI is InChI=1S/C10H14FNO/c1-7(10(12)6-13)8-3-2-4-9(11)5-8/h2-5,7,10,13H,6,12H2,1H3. The second kappa shape index (κ2) is 4.35. The Morgan fingerprint density at radius 2 is 2.23 bits per heavy atom. The lowest BCUT2D eigenvalue weighted by molar-refractivity contribution is 0.252. The largest absolute Gasteiger partial charge is 0.395 e. The lowest BCUT2D eigenvalue weighted by atomic mass is 9.94. The van der Waals surface area contributed by atoms with Gasteiger partial charge in [-0.05, 0) is 23.6 Å². The third-order valence-corrected chi connectivity index (χ3v) is 2.23. The summed E-state index contributed by atoms with van der Waals surface area (Å²) in [7, 11) is 0. The molecule has 0 aromatic heterocycles. The first kappa shape index (κ1) is 10.2. The summed E-state index contributed by atoms with van der Waals surface area (Å²) in [5.74, 6) is -0.296. The molecule has 3 N–H and O–H groups in total. The van der Waals surface area contributed by atoms with Crippen molar-refractivity contribution in [1.29, 1.82) is 0 Å². The zero-order chi connectivity index (χ0) is 9.84. The van der Waals surface area contributed by atoms with Gasteiger partial charge in [0.05, 0.1) is 6.61 Å². The van der Waals surface area contributed by atoms with Gasteiger partial charge in [0.2, 0.25) is 0 Å². The lowest BCUT2D eigenvalue weighted by Gasteiger charge is -2.17. The van der Waals surface area contributed by atoms with Crippen molar-refractivity contribution >= 4 is 0 Å². The molecular weight excluding hydrogens is 169 g/mol. The summed E-state index contributed by atoms with van der Waals surface area (Å²) in [6, 6.07) is 5.96. The minimum absolute atomic E-state index is 0.0271. The van der Waals surface area contributed by atoms with Gasteiger partial charge in [0, 0.05) is 6.04 Å². The van der Waals surface area contributed by atoms with Gasteiger partial charge in [-0.2, -0.15) is 0 Å². The van der Waals surface area contributed by atoms with Crippen molar-refractivity contribution < 1.29 is 9.50 Å². The molecule has 1 aromatic rings. The smallest absolute Gasteiger partial charge is 0.123 e. The maximum absolute atomic E-state index is 12.8. The van der Waals surface area contributed by atoms with Gasteiger partial charge in [0.15, 0.2) is 0 Å². The van der Waals surface area contributed by atoms with E-state index >= 15 is 0 Å². The van der Waals surface area contributed by atoms with E-state index < -0.39 is 0 Å². The molecule has 72 valence electrons. The molecule has 0 saturated carbocycles. The van der Waals surface area contributed by atoms with E-state index in [9.17, 15) is 4.39 Å². The molecule has 0 heterocycles. The van der Waals surface area contributed by atoms with Crippen molar-refractivity contribution in [1.82, 2.24) is 0 Å². The highest BCUT2D eigenvalue weighted by Crippen LogP contribution is 2.18. The molecule has 0 spiro atoms. The molecule has 0 aliphatic rings. The van der Waals surface area contributed by atoms with Crippen LogP contribution in [0.5, 0.6) is 0 Å². The third kappa shape index (κ3) is 2.50. The molecular formula is C10H14FNO. The number of aliphatic hydroxyl groups is 1. The number of aliphatic hydroxyl groups excluding tert-OH is 1. The van der Waals surface area contributed by atoms with Gasteiger partial charge >= 0.3 is 0 Å². The second-order valence-corrected chi connectivity index (χ2v) is 3.19. The van der Waals surface area contributed by atoms with E-state index in [-0.39, 0.29) is 24.4 Å². The van der Waals surface area contributed by atoms with Crippen molar-refractivity contribution in [2.75, 3.05) is 6.61 Å². The van der Waals surface area contributed by atoms with E-state index in [0.29, 0.717) is 0 Å². The zero-order valence-electron chi connectivity index (χ0n) is 7.57. The fourth-order valence-corrected chi connectivity index (χ4v) is 1.20. The van der Waals surface area contributed by atoms with Gasteiger partial charge < -0.3 is 10.8 Å². The first-order chi connectivity index (χ1) is 6.15. The van der Waals surface area contributed by atoms with E-state index in [2.05, 4.69) is 0 Å². The highest BCUT2D eigenvalue weighted by Gasteiger charge is 2.13. The summed E-state index contributed by atoms with van der Waals surface area (Å²) in [4.78, 5) is 0. The van der Waals surface area contributed by atoms with E-state index in [1.54, 1.807) is 6.07 Å². The average Bonchev–Trinajstić information content (AvgIpc) is 2.15. The predicted molar refractivity (Wildman–Crippen MR) is 49.9 cm³/mol. The zero-order valence-corrected chi connectivity index (χ0v) is 7.57. The Morgan fingerprint density at radius 1 is 1.54 bits per heavy atom. The molecule has 1 rings (SSSR count). The molecule has 1 aromatic carbocycles. The summed E-state index contributed by atoms with van der Waals surface area (Å²) in [5.41, 5.74) is 6.45. The quantitative estimate of drug-likeness (QED) is 0.740.